The van der Waals surface area contributed by atoms with Gasteiger partial charge in [-0.15, -0.1) is 0 Å². The SMILES string of the molecule is CC(Nc1c(C(=O)O)cnc2c1cnn2C)C1CCC1. The van der Waals surface area contributed by atoms with E-state index in [4.69, 9.17) is 0 Å². The molecule has 1 saturated carbocycles. The van der Waals surface area contributed by atoms with Gasteiger partial charge in [0.15, 0.2) is 5.65 Å². The Kier molecular flexibility index (Phi) is 3.08. The Labute approximate surface area is 116 Å². The molecular weight excluding hydrogens is 256 g/mol. The number of hydrogen-bond acceptors (Lipinski definition) is 4. The molecule has 20 heavy (non-hydrogen) atoms. The molecule has 1 fully saturated rings. The first-order valence-corrected chi connectivity index (χ1v) is 6.88. The van der Waals surface area contributed by atoms with E-state index in [1.807, 2.05) is 0 Å². The van der Waals surface area contributed by atoms with Gasteiger partial charge in [-0.05, 0) is 25.7 Å². The third-order valence-electron chi connectivity index (χ3n) is 4.22. The molecule has 3 rings (SSSR count). The minimum atomic E-state index is -0.966. The monoisotopic (exact) mass is 274 g/mol. The van der Waals surface area contributed by atoms with Crippen LogP contribution in [0.1, 0.15) is 36.5 Å². The third kappa shape index (κ3) is 2.01. The van der Waals surface area contributed by atoms with Gasteiger partial charge in [-0.1, -0.05) is 6.42 Å². The van der Waals surface area contributed by atoms with Crippen molar-refractivity contribution in [2.75, 3.05) is 5.32 Å². The van der Waals surface area contributed by atoms with Crippen LogP contribution in [0.2, 0.25) is 0 Å². The standard InChI is InChI=1S/C14H18N4O2/c1-8(9-4-3-5-9)17-12-10-7-16-18(2)13(10)15-6-11(12)14(19)20/h6-9H,3-5H2,1-2H3,(H,15,17)(H,19,20). The number of aryl methyl sites for hydroxylation is 1. The largest absolute Gasteiger partial charge is 0.478 e. The minimum Gasteiger partial charge on any atom is -0.478 e. The van der Waals surface area contributed by atoms with E-state index >= 15 is 0 Å². The predicted molar refractivity (Wildman–Crippen MR) is 75.9 cm³/mol. The molecule has 0 amide bonds. The van der Waals surface area contributed by atoms with Gasteiger partial charge in [-0.25, -0.2) is 9.78 Å². The van der Waals surface area contributed by atoms with Crippen LogP contribution in [0.4, 0.5) is 5.69 Å². The Morgan fingerprint density at radius 1 is 1.50 bits per heavy atom. The highest BCUT2D eigenvalue weighted by molar-refractivity contribution is 6.03. The smallest absolute Gasteiger partial charge is 0.339 e. The zero-order valence-corrected chi connectivity index (χ0v) is 11.6. The first-order chi connectivity index (χ1) is 9.58. The molecule has 1 atom stereocenters. The second-order valence-electron chi connectivity index (χ2n) is 5.48. The van der Waals surface area contributed by atoms with E-state index in [2.05, 4.69) is 22.3 Å². The number of aromatic carboxylic acids is 1. The summed E-state index contributed by atoms with van der Waals surface area (Å²) in [5, 5.41) is 17.7. The Morgan fingerprint density at radius 3 is 2.85 bits per heavy atom. The fraction of sp³-hybridized carbons (Fsp3) is 0.500. The van der Waals surface area contributed by atoms with Crippen molar-refractivity contribution in [2.24, 2.45) is 13.0 Å². The fourth-order valence-electron chi connectivity index (χ4n) is 2.70. The third-order valence-corrected chi connectivity index (χ3v) is 4.22. The second kappa shape index (κ2) is 4.77. The quantitative estimate of drug-likeness (QED) is 0.894. The van der Waals surface area contributed by atoms with E-state index in [0.717, 1.165) is 5.39 Å². The van der Waals surface area contributed by atoms with Crippen LogP contribution in [0.3, 0.4) is 0 Å². The van der Waals surface area contributed by atoms with Crippen molar-refractivity contribution < 1.29 is 9.90 Å². The van der Waals surface area contributed by atoms with Gasteiger partial charge < -0.3 is 10.4 Å². The molecule has 2 aromatic rings. The van der Waals surface area contributed by atoms with Crippen LogP contribution in [-0.4, -0.2) is 31.9 Å². The van der Waals surface area contributed by atoms with Crippen molar-refractivity contribution in [2.45, 2.75) is 32.2 Å². The number of carboxylic acid groups (broad SMARTS) is 1. The number of anilines is 1. The lowest BCUT2D eigenvalue weighted by Gasteiger charge is -2.32. The fourth-order valence-corrected chi connectivity index (χ4v) is 2.70. The average Bonchev–Trinajstić information content (AvgIpc) is 2.69. The van der Waals surface area contributed by atoms with Crippen LogP contribution < -0.4 is 5.32 Å². The van der Waals surface area contributed by atoms with Crippen LogP contribution in [0.15, 0.2) is 12.4 Å². The topological polar surface area (TPSA) is 80.0 Å². The second-order valence-corrected chi connectivity index (χ2v) is 5.48. The normalized spacial score (nSPS) is 16.9. The highest BCUT2D eigenvalue weighted by atomic mass is 16.4. The van der Waals surface area contributed by atoms with E-state index in [9.17, 15) is 9.90 Å². The lowest BCUT2D eigenvalue weighted by atomic mass is 9.80. The summed E-state index contributed by atoms with van der Waals surface area (Å²) in [5.41, 5.74) is 1.53. The summed E-state index contributed by atoms with van der Waals surface area (Å²) in [4.78, 5) is 15.6. The van der Waals surface area contributed by atoms with E-state index in [-0.39, 0.29) is 11.6 Å². The number of rotatable bonds is 4. The maximum absolute atomic E-state index is 11.4. The van der Waals surface area contributed by atoms with Crippen LogP contribution in [-0.2, 0) is 7.05 Å². The van der Waals surface area contributed by atoms with Crippen molar-refractivity contribution in [1.29, 1.82) is 0 Å². The number of fused-ring (bicyclic) bond motifs is 1. The molecule has 0 aliphatic heterocycles. The Bertz CT molecular complexity index is 660. The van der Waals surface area contributed by atoms with Gasteiger partial charge in [0.2, 0.25) is 0 Å². The lowest BCUT2D eigenvalue weighted by molar-refractivity contribution is 0.0697. The molecule has 0 radical (unpaired) electrons. The molecule has 6 nitrogen and oxygen atoms in total. The number of carbonyl (C=O) groups is 1. The Balaban J connectivity index is 2.04. The van der Waals surface area contributed by atoms with Crippen molar-refractivity contribution in [3.05, 3.63) is 18.0 Å². The summed E-state index contributed by atoms with van der Waals surface area (Å²) in [5.74, 6) is -0.344. The number of carboxylic acids is 1. The summed E-state index contributed by atoms with van der Waals surface area (Å²) in [6, 6.07) is 0.257. The number of hydrogen-bond donors (Lipinski definition) is 2. The molecular formula is C14H18N4O2. The van der Waals surface area contributed by atoms with Crippen molar-refractivity contribution >= 4 is 22.7 Å². The maximum atomic E-state index is 11.4. The van der Waals surface area contributed by atoms with Gasteiger partial charge >= 0.3 is 5.97 Å². The molecule has 1 unspecified atom stereocenters. The Hall–Kier alpha value is -2.11. The molecule has 0 aromatic carbocycles. The Morgan fingerprint density at radius 2 is 2.25 bits per heavy atom. The lowest BCUT2D eigenvalue weighted by Crippen LogP contribution is -2.31. The van der Waals surface area contributed by atoms with E-state index in [1.54, 1.807) is 17.9 Å². The number of pyridine rings is 1. The van der Waals surface area contributed by atoms with Gasteiger partial charge in [0.25, 0.3) is 0 Å². The molecule has 106 valence electrons. The molecule has 2 aromatic heterocycles. The highest BCUT2D eigenvalue weighted by Crippen LogP contribution is 2.33. The first-order valence-electron chi connectivity index (χ1n) is 6.88. The zero-order chi connectivity index (χ0) is 14.3. The summed E-state index contributed by atoms with van der Waals surface area (Å²) >= 11 is 0. The summed E-state index contributed by atoms with van der Waals surface area (Å²) in [6.45, 7) is 2.11. The molecule has 1 aliphatic rings. The van der Waals surface area contributed by atoms with E-state index in [0.29, 0.717) is 17.3 Å². The van der Waals surface area contributed by atoms with Gasteiger partial charge in [0.05, 0.1) is 17.3 Å². The van der Waals surface area contributed by atoms with E-state index in [1.165, 1.54) is 25.5 Å². The van der Waals surface area contributed by atoms with Gasteiger partial charge in [0.1, 0.15) is 5.56 Å². The predicted octanol–water partition coefficient (Wildman–Crippen LogP) is 2.27. The highest BCUT2D eigenvalue weighted by Gasteiger charge is 2.26. The summed E-state index contributed by atoms with van der Waals surface area (Å²) in [7, 11) is 1.80. The first kappa shape index (κ1) is 12.9. The number of nitrogens with zero attached hydrogens (tertiary/aromatic N) is 3. The number of nitrogens with one attached hydrogen (secondary N) is 1. The average molecular weight is 274 g/mol. The van der Waals surface area contributed by atoms with Crippen LogP contribution >= 0.6 is 0 Å². The van der Waals surface area contributed by atoms with Crippen molar-refractivity contribution in [3.63, 3.8) is 0 Å². The summed E-state index contributed by atoms with van der Waals surface area (Å²) in [6.07, 6.45) is 6.75. The molecule has 0 spiro atoms. The zero-order valence-electron chi connectivity index (χ0n) is 11.6. The van der Waals surface area contributed by atoms with Gasteiger partial charge in [-0.3, -0.25) is 4.68 Å². The summed E-state index contributed by atoms with van der Waals surface area (Å²) < 4.78 is 1.65. The molecule has 2 heterocycles. The molecule has 1 aliphatic carbocycles. The minimum absolute atomic E-state index is 0.205. The van der Waals surface area contributed by atoms with Gasteiger partial charge in [0, 0.05) is 19.3 Å². The van der Waals surface area contributed by atoms with Crippen LogP contribution in [0, 0.1) is 5.92 Å². The van der Waals surface area contributed by atoms with Crippen molar-refractivity contribution in [3.8, 4) is 0 Å². The van der Waals surface area contributed by atoms with E-state index < -0.39 is 5.97 Å². The van der Waals surface area contributed by atoms with Gasteiger partial charge in [-0.2, -0.15) is 5.10 Å². The molecule has 6 heteroatoms. The van der Waals surface area contributed by atoms with Crippen molar-refractivity contribution in [1.82, 2.24) is 14.8 Å². The maximum Gasteiger partial charge on any atom is 0.339 e. The molecule has 0 bridgehead atoms. The molecule has 2 N–H and O–H groups in total. The van der Waals surface area contributed by atoms with Crippen LogP contribution in [0.5, 0.6) is 0 Å². The molecule has 0 saturated heterocycles. The van der Waals surface area contributed by atoms with Crippen LogP contribution in [0.25, 0.3) is 11.0 Å². The number of aromatic nitrogens is 3.